The van der Waals surface area contributed by atoms with Crippen molar-refractivity contribution < 1.29 is 24.5 Å². The Morgan fingerprint density at radius 3 is 0.963 bits per heavy atom. The van der Waals surface area contributed by atoms with Gasteiger partial charge in [0.05, 0.1) is 25.4 Å². The van der Waals surface area contributed by atoms with Gasteiger partial charge in [-0.15, -0.1) is 0 Å². The molecule has 0 aliphatic heterocycles. The molecule has 2 unspecified atom stereocenters. The molecular weight excluding hydrogens is 983 g/mol. The van der Waals surface area contributed by atoms with Gasteiger partial charge in [0.15, 0.2) is 0 Å². The second-order valence-corrected chi connectivity index (χ2v) is 24.9. The van der Waals surface area contributed by atoms with Crippen LogP contribution in [0.5, 0.6) is 0 Å². The van der Waals surface area contributed by atoms with Gasteiger partial charge in [-0.3, -0.25) is 9.59 Å². The molecule has 0 saturated heterocycles. The van der Waals surface area contributed by atoms with E-state index in [1.165, 1.54) is 315 Å². The number of allylic oxidation sites excluding steroid dienone is 6. The second-order valence-electron chi connectivity index (χ2n) is 24.9. The Kier molecular flexibility index (Phi) is 67.9. The summed E-state index contributed by atoms with van der Waals surface area (Å²) in [4.78, 5) is 24.6. The lowest BCUT2D eigenvalue weighted by molar-refractivity contribution is -0.143. The first-order valence-corrected chi connectivity index (χ1v) is 36.2. The van der Waals surface area contributed by atoms with Gasteiger partial charge >= 0.3 is 5.97 Å². The average molecular weight is 1120 g/mol. The number of rotatable bonds is 68. The fraction of sp³-hybridized carbons (Fsp3) is 0.892. The van der Waals surface area contributed by atoms with E-state index in [2.05, 4.69) is 55.6 Å². The Bertz CT molecular complexity index is 1300. The smallest absolute Gasteiger partial charge is 0.305 e. The van der Waals surface area contributed by atoms with Gasteiger partial charge in [-0.05, 0) is 83.5 Å². The molecule has 0 fully saturated rings. The number of unbranched alkanes of at least 4 members (excludes halogenated alkanes) is 51. The highest BCUT2D eigenvalue weighted by atomic mass is 16.5. The van der Waals surface area contributed by atoms with Crippen LogP contribution in [0.1, 0.15) is 399 Å². The predicted molar refractivity (Wildman–Crippen MR) is 352 cm³/mol. The van der Waals surface area contributed by atoms with Crippen LogP contribution in [-0.2, 0) is 14.3 Å². The second kappa shape index (κ2) is 69.6. The van der Waals surface area contributed by atoms with Crippen LogP contribution >= 0.6 is 0 Å². The molecule has 1 amide bonds. The molecule has 0 rings (SSSR count). The molecule has 6 heteroatoms. The molecule has 6 nitrogen and oxygen atoms in total. The Balaban J connectivity index is 3.42. The molecule has 0 radical (unpaired) electrons. The molecular formula is C74H141NO5. The van der Waals surface area contributed by atoms with Crippen molar-refractivity contribution in [3.63, 3.8) is 0 Å². The van der Waals surface area contributed by atoms with Crippen molar-refractivity contribution in [3.8, 4) is 0 Å². The van der Waals surface area contributed by atoms with Gasteiger partial charge in [-0.2, -0.15) is 0 Å². The molecule has 3 N–H and O–H groups in total. The third-order valence-corrected chi connectivity index (χ3v) is 16.9. The van der Waals surface area contributed by atoms with E-state index < -0.39 is 12.1 Å². The number of carbonyl (C=O) groups excluding carboxylic acids is 2. The van der Waals surface area contributed by atoms with Crippen LogP contribution in [0.4, 0.5) is 0 Å². The van der Waals surface area contributed by atoms with Crippen LogP contribution in [0.2, 0.25) is 0 Å². The number of carbonyl (C=O) groups is 2. The van der Waals surface area contributed by atoms with Crippen molar-refractivity contribution in [2.24, 2.45) is 0 Å². The van der Waals surface area contributed by atoms with Crippen LogP contribution < -0.4 is 5.32 Å². The fourth-order valence-corrected chi connectivity index (χ4v) is 11.4. The van der Waals surface area contributed by atoms with Crippen molar-refractivity contribution >= 4 is 11.9 Å². The zero-order valence-electron chi connectivity index (χ0n) is 54.1. The van der Waals surface area contributed by atoms with Crippen molar-refractivity contribution in [2.75, 3.05) is 13.2 Å². The number of hydrogen-bond donors (Lipinski definition) is 3. The summed E-state index contributed by atoms with van der Waals surface area (Å²) in [6.07, 6.45) is 89.1. The summed E-state index contributed by atoms with van der Waals surface area (Å²) in [6, 6.07) is -0.545. The molecule has 0 aromatic carbocycles. The highest BCUT2D eigenvalue weighted by Crippen LogP contribution is 2.19. The first-order valence-electron chi connectivity index (χ1n) is 36.2. The van der Waals surface area contributed by atoms with E-state index in [1.54, 1.807) is 0 Å². The van der Waals surface area contributed by atoms with Crippen LogP contribution in [-0.4, -0.2) is 47.4 Å². The SMILES string of the molecule is CCCCCCCCC/C=C\CCCCCCCC(=O)OCCCCCCCCCCC/C=C\C/C=C\CCCCCCCCCCCCCC(=O)NC(CO)C(O)CCCCCCCCCCCCCCCCCCCCCC. The Hall–Kier alpha value is -1.92. The topological polar surface area (TPSA) is 95.9 Å². The lowest BCUT2D eigenvalue weighted by atomic mass is 10.0. The normalized spacial score (nSPS) is 12.7. The van der Waals surface area contributed by atoms with Gasteiger partial charge < -0.3 is 20.3 Å². The van der Waals surface area contributed by atoms with Crippen molar-refractivity contribution in [3.05, 3.63) is 36.5 Å². The minimum absolute atomic E-state index is 0.00386. The van der Waals surface area contributed by atoms with Crippen LogP contribution in [0.25, 0.3) is 0 Å². The molecule has 0 aliphatic rings. The maximum absolute atomic E-state index is 12.5. The number of aliphatic hydroxyl groups excluding tert-OH is 2. The summed E-state index contributed by atoms with van der Waals surface area (Å²) >= 11 is 0. The van der Waals surface area contributed by atoms with Crippen LogP contribution in [0.15, 0.2) is 36.5 Å². The number of hydrogen-bond acceptors (Lipinski definition) is 5. The monoisotopic (exact) mass is 1120 g/mol. The number of aliphatic hydroxyl groups is 2. The van der Waals surface area contributed by atoms with Crippen LogP contribution in [0, 0.1) is 0 Å². The summed E-state index contributed by atoms with van der Waals surface area (Å²) < 4.78 is 5.49. The van der Waals surface area contributed by atoms with Gasteiger partial charge in [0.2, 0.25) is 5.91 Å². The Labute approximate surface area is 500 Å². The van der Waals surface area contributed by atoms with Crippen molar-refractivity contribution in [1.29, 1.82) is 0 Å². The molecule has 0 spiro atoms. The summed E-state index contributed by atoms with van der Waals surface area (Å²) in [7, 11) is 0. The first-order chi connectivity index (χ1) is 39.5. The zero-order valence-corrected chi connectivity index (χ0v) is 54.1. The van der Waals surface area contributed by atoms with E-state index in [1.807, 2.05) is 0 Å². The van der Waals surface area contributed by atoms with Crippen molar-refractivity contribution in [1.82, 2.24) is 5.32 Å². The fourth-order valence-electron chi connectivity index (χ4n) is 11.4. The molecule has 0 aromatic rings. The number of esters is 1. The third-order valence-electron chi connectivity index (χ3n) is 16.9. The van der Waals surface area contributed by atoms with Gasteiger partial charge in [-0.25, -0.2) is 0 Å². The Morgan fingerprint density at radius 2 is 0.625 bits per heavy atom. The summed E-state index contributed by atoms with van der Waals surface area (Å²) in [5.41, 5.74) is 0. The van der Waals surface area contributed by atoms with E-state index in [4.69, 9.17) is 4.74 Å². The Morgan fingerprint density at radius 1 is 0.350 bits per heavy atom. The van der Waals surface area contributed by atoms with E-state index in [0.29, 0.717) is 25.9 Å². The first kappa shape index (κ1) is 78.1. The number of nitrogens with one attached hydrogen (secondary N) is 1. The maximum Gasteiger partial charge on any atom is 0.305 e. The molecule has 0 aliphatic carbocycles. The number of ether oxygens (including phenoxy) is 1. The van der Waals surface area contributed by atoms with E-state index in [9.17, 15) is 19.8 Å². The largest absolute Gasteiger partial charge is 0.466 e. The van der Waals surface area contributed by atoms with Gasteiger partial charge in [0, 0.05) is 12.8 Å². The average Bonchev–Trinajstić information content (AvgIpc) is 3.46. The van der Waals surface area contributed by atoms with Gasteiger partial charge in [0.1, 0.15) is 0 Å². The minimum Gasteiger partial charge on any atom is -0.466 e. The van der Waals surface area contributed by atoms with Gasteiger partial charge in [-0.1, -0.05) is 339 Å². The number of amides is 1. The zero-order chi connectivity index (χ0) is 57.8. The highest BCUT2D eigenvalue weighted by Gasteiger charge is 2.20. The molecule has 0 bridgehead atoms. The molecule has 80 heavy (non-hydrogen) atoms. The standard InChI is InChI=1S/C74H141NO5/c1-3-5-7-9-11-13-15-17-19-21-22-32-35-38-42-46-50-54-58-62-66-72(77)71(70-76)75-73(78)67-63-59-55-51-47-43-39-36-33-30-28-26-24-23-25-27-29-31-34-37-41-45-49-53-57-61-65-69-80-74(79)68-64-60-56-52-48-44-40-20-18-16-14-12-10-8-6-4-2/h20,23-24,27,29,40,71-72,76-77H,3-19,21-22,25-26,28,30-39,41-70H2,1-2H3,(H,75,78)/b24-23-,29-27-,40-20-. The predicted octanol–water partition coefficient (Wildman–Crippen LogP) is 23.5. The van der Waals surface area contributed by atoms with Gasteiger partial charge in [0.25, 0.3) is 0 Å². The molecule has 0 saturated carbocycles. The van der Waals surface area contributed by atoms with Crippen molar-refractivity contribution in [2.45, 2.75) is 411 Å². The third kappa shape index (κ3) is 65.2. The van der Waals surface area contributed by atoms with E-state index >= 15 is 0 Å². The molecule has 472 valence electrons. The van der Waals surface area contributed by atoms with Crippen LogP contribution in [0.3, 0.4) is 0 Å². The molecule has 0 heterocycles. The van der Waals surface area contributed by atoms with E-state index in [-0.39, 0.29) is 18.5 Å². The summed E-state index contributed by atoms with van der Waals surface area (Å²) in [5.74, 6) is -0.0305. The summed E-state index contributed by atoms with van der Waals surface area (Å²) in [5, 5.41) is 23.4. The lowest BCUT2D eigenvalue weighted by Crippen LogP contribution is -2.45. The van der Waals surface area contributed by atoms with E-state index in [0.717, 1.165) is 51.4 Å². The lowest BCUT2D eigenvalue weighted by Gasteiger charge is -2.22. The highest BCUT2D eigenvalue weighted by molar-refractivity contribution is 5.76. The molecule has 2 atom stereocenters. The molecule has 0 aromatic heterocycles. The minimum atomic E-state index is -0.668. The maximum atomic E-state index is 12.5. The summed E-state index contributed by atoms with van der Waals surface area (Å²) in [6.45, 7) is 4.98. The quantitative estimate of drug-likeness (QED) is 0.0320.